The van der Waals surface area contributed by atoms with Crippen molar-refractivity contribution in [3.63, 3.8) is 0 Å². The molecule has 0 N–H and O–H groups in total. The molecule has 1 aliphatic heterocycles. The number of hydrogen-bond acceptors (Lipinski definition) is 3. The summed E-state index contributed by atoms with van der Waals surface area (Å²) in [5, 5.41) is 0.254. The molecule has 1 saturated heterocycles. The van der Waals surface area contributed by atoms with Crippen LogP contribution in [0.1, 0.15) is 30.1 Å². The molecule has 2 heterocycles. The Balaban J connectivity index is 2.07. The molecule has 4 nitrogen and oxygen atoms in total. The van der Waals surface area contributed by atoms with Gasteiger partial charge in [-0.25, -0.2) is 4.98 Å². The molecular weight excluding hydrogens is 342 g/mol. The smallest absolute Gasteiger partial charge is 0.256 e. The first-order chi connectivity index (χ1) is 9.52. The van der Waals surface area contributed by atoms with Gasteiger partial charge in [-0.05, 0) is 47.9 Å². The van der Waals surface area contributed by atoms with Gasteiger partial charge in [0.25, 0.3) is 5.91 Å². The van der Waals surface area contributed by atoms with Crippen LogP contribution < -0.4 is 0 Å². The van der Waals surface area contributed by atoms with E-state index in [2.05, 4.69) is 32.7 Å². The van der Waals surface area contributed by atoms with Crippen molar-refractivity contribution >= 4 is 33.4 Å². The molecule has 0 aromatic carbocycles. The molecule has 20 heavy (non-hydrogen) atoms. The van der Waals surface area contributed by atoms with E-state index in [1.165, 1.54) is 6.42 Å². The molecule has 1 fully saturated rings. The van der Waals surface area contributed by atoms with Crippen molar-refractivity contribution in [1.82, 2.24) is 14.8 Å². The van der Waals surface area contributed by atoms with Crippen LogP contribution in [0.25, 0.3) is 0 Å². The van der Waals surface area contributed by atoms with E-state index in [4.69, 9.17) is 11.6 Å². The van der Waals surface area contributed by atoms with Crippen LogP contribution in [0.4, 0.5) is 0 Å². The molecule has 1 amide bonds. The molecule has 0 bridgehead atoms. The van der Waals surface area contributed by atoms with E-state index in [0.717, 1.165) is 30.5 Å². The summed E-state index contributed by atoms with van der Waals surface area (Å²) in [5.74, 6) is -0.0771. The number of carbonyl (C=O) groups excluding carboxylic acids is 1. The Hall–Kier alpha value is -0.650. The highest BCUT2D eigenvalue weighted by atomic mass is 79.9. The van der Waals surface area contributed by atoms with Crippen molar-refractivity contribution in [2.45, 2.75) is 25.8 Å². The third kappa shape index (κ3) is 3.51. The summed E-state index contributed by atoms with van der Waals surface area (Å²) >= 11 is 9.34. The minimum atomic E-state index is -0.0771. The van der Waals surface area contributed by atoms with Gasteiger partial charge in [0.1, 0.15) is 5.15 Å². The Morgan fingerprint density at radius 3 is 3.10 bits per heavy atom. The van der Waals surface area contributed by atoms with Gasteiger partial charge >= 0.3 is 0 Å². The van der Waals surface area contributed by atoms with Crippen molar-refractivity contribution in [1.29, 1.82) is 0 Å². The molecule has 0 radical (unpaired) electrons. The Labute approximate surface area is 133 Å². The summed E-state index contributed by atoms with van der Waals surface area (Å²) in [6, 6.07) is 2.17. The SMILES string of the molecule is CCN1CCCC1CN(C)C(=O)c1cc(Br)cnc1Cl. The number of halogens is 2. The largest absolute Gasteiger partial charge is 0.340 e. The van der Waals surface area contributed by atoms with Crippen LogP contribution in [-0.2, 0) is 0 Å². The molecule has 2 rings (SSSR count). The fraction of sp³-hybridized carbons (Fsp3) is 0.571. The summed E-state index contributed by atoms with van der Waals surface area (Å²) in [6.07, 6.45) is 3.95. The normalized spacial score (nSPS) is 19.3. The van der Waals surface area contributed by atoms with Crippen molar-refractivity contribution < 1.29 is 4.79 Å². The van der Waals surface area contributed by atoms with Crippen LogP contribution >= 0.6 is 27.5 Å². The van der Waals surface area contributed by atoms with Crippen LogP contribution in [0.3, 0.4) is 0 Å². The highest BCUT2D eigenvalue weighted by Gasteiger charge is 2.26. The summed E-state index contributed by atoms with van der Waals surface area (Å²) in [5.41, 5.74) is 0.449. The van der Waals surface area contributed by atoms with E-state index in [9.17, 15) is 4.79 Å². The fourth-order valence-corrected chi connectivity index (χ4v) is 3.21. The van der Waals surface area contributed by atoms with Crippen LogP contribution in [0.15, 0.2) is 16.7 Å². The lowest BCUT2D eigenvalue weighted by atomic mass is 10.2. The predicted molar refractivity (Wildman–Crippen MR) is 84.2 cm³/mol. The maximum absolute atomic E-state index is 12.5. The van der Waals surface area contributed by atoms with Crippen molar-refractivity contribution in [2.75, 3.05) is 26.7 Å². The molecule has 0 spiro atoms. The monoisotopic (exact) mass is 359 g/mol. The van der Waals surface area contributed by atoms with Gasteiger partial charge in [0.15, 0.2) is 0 Å². The van der Waals surface area contributed by atoms with Crippen LogP contribution in [0.2, 0.25) is 5.15 Å². The Bertz CT molecular complexity index is 497. The van der Waals surface area contributed by atoms with Crippen molar-refractivity contribution in [2.24, 2.45) is 0 Å². The number of amides is 1. The number of pyridine rings is 1. The fourth-order valence-electron chi connectivity index (χ4n) is 2.70. The molecule has 0 saturated carbocycles. The number of likely N-dealkylation sites (N-methyl/N-ethyl adjacent to an activating group) is 2. The maximum atomic E-state index is 12.5. The van der Waals surface area contributed by atoms with Gasteiger partial charge in [-0.1, -0.05) is 18.5 Å². The third-order valence-corrected chi connectivity index (χ3v) is 4.51. The maximum Gasteiger partial charge on any atom is 0.256 e. The quantitative estimate of drug-likeness (QED) is 0.774. The lowest BCUT2D eigenvalue weighted by molar-refractivity contribution is 0.0754. The molecule has 1 unspecified atom stereocenters. The lowest BCUT2D eigenvalue weighted by Crippen LogP contribution is -2.41. The second kappa shape index (κ2) is 6.87. The first kappa shape index (κ1) is 15.7. The van der Waals surface area contributed by atoms with E-state index < -0.39 is 0 Å². The van der Waals surface area contributed by atoms with Crippen molar-refractivity contribution in [3.8, 4) is 0 Å². The average molecular weight is 361 g/mol. The molecule has 6 heteroatoms. The zero-order valence-electron chi connectivity index (χ0n) is 11.8. The van der Waals surface area contributed by atoms with Gasteiger partial charge in [0.05, 0.1) is 5.56 Å². The molecule has 110 valence electrons. The number of hydrogen-bond donors (Lipinski definition) is 0. The molecule has 1 aliphatic rings. The molecule has 1 aromatic heterocycles. The van der Waals surface area contributed by atoms with E-state index in [-0.39, 0.29) is 11.1 Å². The van der Waals surface area contributed by atoms with Gasteiger partial charge in [0.2, 0.25) is 0 Å². The number of aromatic nitrogens is 1. The van der Waals surface area contributed by atoms with Gasteiger partial charge in [-0.15, -0.1) is 0 Å². The zero-order valence-corrected chi connectivity index (χ0v) is 14.1. The summed E-state index contributed by atoms with van der Waals surface area (Å²) < 4.78 is 0.759. The number of nitrogens with zero attached hydrogens (tertiary/aromatic N) is 3. The first-order valence-electron chi connectivity index (χ1n) is 6.83. The molecule has 1 atom stereocenters. The summed E-state index contributed by atoms with van der Waals surface area (Å²) in [4.78, 5) is 20.6. The Morgan fingerprint density at radius 1 is 1.65 bits per heavy atom. The third-order valence-electron chi connectivity index (χ3n) is 3.77. The van der Waals surface area contributed by atoms with Crippen LogP contribution in [0, 0.1) is 0 Å². The first-order valence-corrected chi connectivity index (χ1v) is 8.00. The second-order valence-corrected chi connectivity index (χ2v) is 6.38. The predicted octanol–water partition coefficient (Wildman–Crippen LogP) is 3.05. The van der Waals surface area contributed by atoms with Gasteiger partial charge in [-0.2, -0.15) is 0 Å². The highest BCUT2D eigenvalue weighted by Crippen LogP contribution is 2.21. The minimum Gasteiger partial charge on any atom is -0.340 e. The van der Waals surface area contributed by atoms with Crippen LogP contribution in [-0.4, -0.2) is 53.4 Å². The van der Waals surface area contributed by atoms with Gasteiger partial charge in [0, 0.05) is 30.3 Å². The van der Waals surface area contributed by atoms with E-state index >= 15 is 0 Å². The average Bonchev–Trinajstić information content (AvgIpc) is 2.87. The topological polar surface area (TPSA) is 36.4 Å². The molecule has 0 aliphatic carbocycles. The van der Waals surface area contributed by atoms with Crippen molar-refractivity contribution in [3.05, 3.63) is 27.5 Å². The zero-order chi connectivity index (χ0) is 14.7. The summed E-state index contributed by atoms with van der Waals surface area (Å²) in [7, 11) is 1.83. The van der Waals surface area contributed by atoms with E-state index in [1.54, 1.807) is 17.2 Å². The number of carbonyl (C=O) groups is 1. The number of likely N-dealkylation sites (tertiary alicyclic amines) is 1. The van der Waals surface area contributed by atoms with E-state index in [0.29, 0.717) is 11.6 Å². The molecular formula is C14H19BrClN3O. The van der Waals surface area contributed by atoms with Crippen LogP contribution in [0.5, 0.6) is 0 Å². The molecule has 1 aromatic rings. The second-order valence-electron chi connectivity index (χ2n) is 5.10. The van der Waals surface area contributed by atoms with Gasteiger partial charge in [-0.3, -0.25) is 9.69 Å². The number of rotatable bonds is 4. The highest BCUT2D eigenvalue weighted by molar-refractivity contribution is 9.10. The lowest BCUT2D eigenvalue weighted by Gasteiger charge is -2.27. The van der Waals surface area contributed by atoms with E-state index in [1.807, 2.05) is 7.05 Å². The Morgan fingerprint density at radius 2 is 2.40 bits per heavy atom. The van der Waals surface area contributed by atoms with Gasteiger partial charge < -0.3 is 4.90 Å². The minimum absolute atomic E-state index is 0.0771. The Kier molecular flexibility index (Phi) is 5.41. The standard InChI is InChI=1S/C14H19BrClN3O/c1-3-19-6-4-5-11(19)9-18(2)14(20)12-7-10(15)8-17-13(12)16/h7-8,11H,3-6,9H2,1-2H3. The summed E-state index contributed by atoms with van der Waals surface area (Å²) in [6.45, 7) is 5.05.